The summed E-state index contributed by atoms with van der Waals surface area (Å²) >= 11 is 0. The van der Waals surface area contributed by atoms with E-state index >= 15 is 0 Å². The molecule has 92 valence electrons. The molecule has 0 amide bonds. The molecule has 0 radical (unpaired) electrons. The highest BCUT2D eigenvalue weighted by Gasteiger charge is 2.37. The lowest BCUT2D eigenvalue weighted by molar-refractivity contribution is -0.0406. The van der Waals surface area contributed by atoms with Crippen LogP contribution in [0.1, 0.15) is 11.1 Å². The van der Waals surface area contributed by atoms with Gasteiger partial charge in [0.25, 0.3) is 0 Å². The van der Waals surface area contributed by atoms with E-state index in [1.54, 1.807) is 6.20 Å². The minimum atomic E-state index is -0.409. The maximum Gasteiger partial charge on any atom is 0.132 e. The zero-order valence-corrected chi connectivity index (χ0v) is 10.2. The Hall–Kier alpha value is -1.71. The van der Waals surface area contributed by atoms with Gasteiger partial charge < -0.3 is 10.1 Å². The molecule has 0 aliphatic carbocycles. The first-order valence-electron chi connectivity index (χ1n) is 6.22. The lowest BCUT2D eigenvalue weighted by Crippen LogP contribution is -2.48. The Balaban J connectivity index is 2.10. The fourth-order valence-electron chi connectivity index (χ4n) is 2.46. The minimum absolute atomic E-state index is 0.409. The number of hydrogen-bond acceptors (Lipinski definition) is 3. The summed E-state index contributed by atoms with van der Waals surface area (Å²) in [4.78, 5) is 4.22. The van der Waals surface area contributed by atoms with Crippen LogP contribution in [0.25, 0.3) is 0 Å². The third-order valence-electron chi connectivity index (χ3n) is 3.37. The predicted molar refractivity (Wildman–Crippen MR) is 70.3 cm³/mol. The molecule has 1 unspecified atom stereocenters. The van der Waals surface area contributed by atoms with Gasteiger partial charge >= 0.3 is 0 Å². The van der Waals surface area contributed by atoms with Gasteiger partial charge in [0.15, 0.2) is 0 Å². The molecule has 1 aliphatic rings. The normalized spacial score (nSPS) is 23.8. The Labute approximate surface area is 107 Å². The van der Waals surface area contributed by atoms with E-state index in [4.69, 9.17) is 4.74 Å². The fraction of sp³-hybridized carbons (Fsp3) is 0.267. The second-order valence-corrected chi connectivity index (χ2v) is 4.46. The van der Waals surface area contributed by atoms with E-state index in [-0.39, 0.29) is 0 Å². The molecule has 0 spiro atoms. The van der Waals surface area contributed by atoms with Gasteiger partial charge in [-0.1, -0.05) is 36.4 Å². The van der Waals surface area contributed by atoms with Crippen molar-refractivity contribution in [2.45, 2.75) is 5.60 Å². The van der Waals surface area contributed by atoms with Crippen LogP contribution in [0.2, 0.25) is 0 Å². The molecule has 3 heteroatoms. The van der Waals surface area contributed by atoms with E-state index in [0.717, 1.165) is 18.7 Å². The molecule has 1 atom stereocenters. The average Bonchev–Trinajstić information content (AvgIpc) is 2.50. The van der Waals surface area contributed by atoms with Crippen LogP contribution >= 0.6 is 0 Å². The van der Waals surface area contributed by atoms with Crippen LogP contribution in [-0.4, -0.2) is 24.7 Å². The van der Waals surface area contributed by atoms with Gasteiger partial charge in [0.05, 0.1) is 6.61 Å². The van der Waals surface area contributed by atoms with Crippen molar-refractivity contribution in [3.05, 3.63) is 66.0 Å². The molecule has 1 aliphatic heterocycles. The average molecular weight is 240 g/mol. The summed E-state index contributed by atoms with van der Waals surface area (Å²) in [6.45, 7) is 2.39. The number of nitrogens with one attached hydrogen (secondary N) is 1. The van der Waals surface area contributed by atoms with Crippen LogP contribution in [0.5, 0.6) is 0 Å². The summed E-state index contributed by atoms with van der Waals surface area (Å²) < 4.78 is 6.14. The Morgan fingerprint density at radius 1 is 1.06 bits per heavy atom. The monoisotopic (exact) mass is 240 g/mol. The van der Waals surface area contributed by atoms with Crippen molar-refractivity contribution in [2.24, 2.45) is 0 Å². The number of hydrogen-bond donors (Lipinski definition) is 1. The van der Waals surface area contributed by atoms with Crippen LogP contribution < -0.4 is 5.32 Å². The van der Waals surface area contributed by atoms with Gasteiger partial charge in [0, 0.05) is 31.0 Å². The van der Waals surface area contributed by atoms with Crippen molar-refractivity contribution in [3.8, 4) is 0 Å². The number of rotatable bonds is 2. The van der Waals surface area contributed by atoms with E-state index in [2.05, 4.69) is 28.5 Å². The van der Waals surface area contributed by atoms with Crippen molar-refractivity contribution in [2.75, 3.05) is 19.7 Å². The Morgan fingerprint density at radius 3 is 2.56 bits per heavy atom. The summed E-state index contributed by atoms with van der Waals surface area (Å²) in [7, 11) is 0. The van der Waals surface area contributed by atoms with E-state index < -0.39 is 5.60 Å². The number of aromatic nitrogens is 1. The molecule has 3 nitrogen and oxygen atoms in total. The van der Waals surface area contributed by atoms with Crippen LogP contribution in [0.15, 0.2) is 54.9 Å². The summed E-state index contributed by atoms with van der Waals surface area (Å²) in [5, 5.41) is 3.42. The Kier molecular flexibility index (Phi) is 3.09. The number of benzene rings is 1. The zero-order chi connectivity index (χ0) is 12.3. The fourth-order valence-corrected chi connectivity index (χ4v) is 2.46. The van der Waals surface area contributed by atoms with Crippen molar-refractivity contribution >= 4 is 0 Å². The molecular formula is C15H16N2O. The maximum atomic E-state index is 6.14. The number of pyridine rings is 1. The summed E-state index contributed by atoms with van der Waals surface area (Å²) in [5.41, 5.74) is 1.86. The van der Waals surface area contributed by atoms with Crippen LogP contribution in [0.4, 0.5) is 0 Å². The van der Waals surface area contributed by atoms with Crippen molar-refractivity contribution < 1.29 is 4.74 Å². The minimum Gasteiger partial charge on any atom is -0.363 e. The lowest BCUT2D eigenvalue weighted by Gasteiger charge is -2.38. The molecular weight excluding hydrogens is 224 g/mol. The first-order valence-corrected chi connectivity index (χ1v) is 6.22. The van der Waals surface area contributed by atoms with E-state index in [9.17, 15) is 0 Å². The van der Waals surface area contributed by atoms with Crippen molar-refractivity contribution in [1.29, 1.82) is 0 Å². The summed E-state index contributed by atoms with van der Waals surface area (Å²) in [6, 6.07) is 14.4. The van der Waals surface area contributed by atoms with Gasteiger partial charge in [-0.3, -0.25) is 4.98 Å². The van der Waals surface area contributed by atoms with E-state index in [1.807, 2.05) is 30.5 Å². The molecule has 3 rings (SSSR count). The van der Waals surface area contributed by atoms with E-state index in [0.29, 0.717) is 6.61 Å². The highest BCUT2D eigenvalue weighted by Crippen LogP contribution is 2.33. The Morgan fingerprint density at radius 2 is 1.89 bits per heavy atom. The zero-order valence-electron chi connectivity index (χ0n) is 10.2. The molecule has 0 saturated carbocycles. The van der Waals surface area contributed by atoms with Crippen LogP contribution in [-0.2, 0) is 10.3 Å². The topological polar surface area (TPSA) is 34.2 Å². The van der Waals surface area contributed by atoms with E-state index in [1.165, 1.54) is 5.56 Å². The predicted octanol–water partition coefficient (Wildman–Crippen LogP) is 1.94. The smallest absolute Gasteiger partial charge is 0.132 e. The molecule has 1 aromatic heterocycles. The first-order chi connectivity index (χ1) is 8.92. The molecule has 1 fully saturated rings. The van der Waals surface area contributed by atoms with Gasteiger partial charge in [-0.15, -0.1) is 0 Å². The molecule has 18 heavy (non-hydrogen) atoms. The Bertz CT molecular complexity index is 451. The lowest BCUT2D eigenvalue weighted by atomic mass is 9.86. The maximum absolute atomic E-state index is 6.14. The molecule has 2 aromatic rings. The number of morpholine rings is 1. The molecule has 1 saturated heterocycles. The van der Waals surface area contributed by atoms with Crippen LogP contribution in [0.3, 0.4) is 0 Å². The van der Waals surface area contributed by atoms with Gasteiger partial charge in [-0.05, 0) is 11.6 Å². The SMILES string of the molecule is c1ccc(C2(c3cccnc3)CNCCO2)cc1. The molecule has 1 aromatic carbocycles. The molecule has 2 heterocycles. The summed E-state index contributed by atoms with van der Waals surface area (Å²) in [6.07, 6.45) is 3.68. The second kappa shape index (κ2) is 4.88. The number of ether oxygens (including phenoxy) is 1. The number of nitrogens with zero attached hydrogens (tertiary/aromatic N) is 1. The summed E-state index contributed by atoms with van der Waals surface area (Å²) in [5.74, 6) is 0. The quantitative estimate of drug-likeness (QED) is 0.871. The highest BCUT2D eigenvalue weighted by molar-refractivity contribution is 5.36. The highest BCUT2D eigenvalue weighted by atomic mass is 16.5. The molecule has 1 N–H and O–H groups in total. The van der Waals surface area contributed by atoms with Crippen LogP contribution in [0, 0.1) is 0 Å². The second-order valence-electron chi connectivity index (χ2n) is 4.46. The van der Waals surface area contributed by atoms with Gasteiger partial charge in [-0.25, -0.2) is 0 Å². The third-order valence-corrected chi connectivity index (χ3v) is 3.37. The van der Waals surface area contributed by atoms with Gasteiger partial charge in [0.1, 0.15) is 5.60 Å². The van der Waals surface area contributed by atoms with Gasteiger partial charge in [0.2, 0.25) is 0 Å². The standard InChI is InChI=1S/C15H16N2O/c1-2-5-13(6-3-1)15(12-17-9-10-18-15)14-7-4-8-16-11-14/h1-8,11,17H,9-10,12H2. The first kappa shape index (κ1) is 11.4. The largest absolute Gasteiger partial charge is 0.363 e. The van der Waals surface area contributed by atoms with Crippen molar-refractivity contribution in [3.63, 3.8) is 0 Å². The van der Waals surface area contributed by atoms with Crippen molar-refractivity contribution in [1.82, 2.24) is 10.3 Å². The molecule has 0 bridgehead atoms. The van der Waals surface area contributed by atoms with Gasteiger partial charge in [-0.2, -0.15) is 0 Å². The third kappa shape index (κ3) is 1.92.